The van der Waals surface area contributed by atoms with E-state index in [1.54, 1.807) is 23.6 Å². The first-order valence-electron chi connectivity index (χ1n) is 22.2. The molecule has 0 bridgehead atoms. The fourth-order valence-corrected chi connectivity index (χ4v) is 12.4. The van der Waals surface area contributed by atoms with Crippen molar-refractivity contribution in [2.24, 2.45) is 0 Å². The normalized spacial score (nSPS) is 12.0. The van der Waals surface area contributed by atoms with Gasteiger partial charge in [-0.1, -0.05) is 57.5 Å². The Balaban J connectivity index is 0.000000354. The highest BCUT2D eigenvalue weighted by Crippen LogP contribution is 2.23. The van der Waals surface area contributed by atoms with Crippen LogP contribution in [-0.2, 0) is 31.4 Å². The van der Waals surface area contributed by atoms with Crippen molar-refractivity contribution in [1.82, 2.24) is 39.3 Å². The molecular formula is C44H77BrN8O6Si2. The number of ether oxygens (including phenoxy) is 2. The number of nitrogens with one attached hydrogen (secondary N) is 1. The molecule has 61 heavy (non-hydrogen) atoms. The highest BCUT2D eigenvalue weighted by Gasteiger charge is 2.30. The largest absolute Gasteiger partial charge is 0.444 e. The molecule has 4 aromatic heterocycles. The van der Waals surface area contributed by atoms with Crippen LogP contribution in [0.5, 0.6) is 0 Å². The molecule has 344 valence electrons. The molecule has 17 heteroatoms. The van der Waals surface area contributed by atoms with Gasteiger partial charge in [0, 0.05) is 57.1 Å². The highest BCUT2D eigenvalue weighted by molar-refractivity contribution is 9.09. The number of alkyl halides is 1. The molecule has 0 saturated carbocycles. The fraction of sp³-hybridized carbons (Fsp3) is 0.682. The standard InChI is InChI=1S/C22H38N4O3Si.C14H20N4O2.C8H19BrOSi/c1-7-30(8-2,9-3)28-17-16-25(21(27)29-22(4,5)6)14-11-15-26-18-24-20-19(26)12-10-13-23-20;1-14(2,3)20-13(19)16-8-5-9-18-10-17-12-11(18)6-4-7-15-12;1-4-11(5-2,6-3)10-8-7-9/h10,12-13,18H,7-9,11,14-17H2,1-6H3;4,6-7,10H,5,8-9H2,1-3H3,(H,16,19);4-8H2,1-3H3. The number of alkyl carbamates (subject to hydrolysis) is 1. The van der Waals surface area contributed by atoms with E-state index in [1.165, 1.54) is 18.1 Å². The lowest BCUT2D eigenvalue weighted by Crippen LogP contribution is -2.42. The molecule has 0 radical (unpaired) electrons. The number of nitrogens with zero attached hydrogens (tertiary/aromatic N) is 7. The molecule has 0 saturated heterocycles. The van der Waals surface area contributed by atoms with Gasteiger partial charge in [-0.05, 0) is 115 Å². The minimum absolute atomic E-state index is 0.278. The number of aromatic nitrogens is 6. The number of amides is 2. The Bertz CT molecular complexity index is 1820. The van der Waals surface area contributed by atoms with Gasteiger partial charge >= 0.3 is 12.2 Å². The second kappa shape index (κ2) is 26.9. The zero-order valence-corrected chi connectivity index (χ0v) is 43.0. The summed E-state index contributed by atoms with van der Waals surface area (Å²) < 4.78 is 27.2. The van der Waals surface area contributed by atoms with Gasteiger partial charge in [0.2, 0.25) is 0 Å². The van der Waals surface area contributed by atoms with E-state index in [0.29, 0.717) is 26.2 Å². The van der Waals surface area contributed by atoms with Crippen LogP contribution in [0.3, 0.4) is 0 Å². The monoisotopic (exact) mass is 948 g/mol. The number of pyridine rings is 2. The minimum Gasteiger partial charge on any atom is -0.444 e. The molecular weight excluding hydrogens is 873 g/mol. The van der Waals surface area contributed by atoms with Crippen LogP contribution in [-0.4, -0.2) is 112 Å². The van der Waals surface area contributed by atoms with Crippen LogP contribution in [0.25, 0.3) is 22.3 Å². The van der Waals surface area contributed by atoms with E-state index in [0.717, 1.165) is 78.3 Å². The predicted octanol–water partition coefficient (Wildman–Crippen LogP) is 10.8. The van der Waals surface area contributed by atoms with Crippen LogP contribution in [0.2, 0.25) is 36.3 Å². The number of hydrogen-bond acceptors (Lipinski definition) is 10. The molecule has 1 N–H and O–H groups in total. The first-order valence-corrected chi connectivity index (χ1v) is 28.4. The lowest BCUT2D eigenvalue weighted by atomic mass is 10.2. The topological polar surface area (TPSA) is 148 Å². The highest BCUT2D eigenvalue weighted by atomic mass is 79.9. The van der Waals surface area contributed by atoms with E-state index in [-0.39, 0.29) is 12.2 Å². The van der Waals surface area contributed by atoms with E-state index < -0.39 is 27.8 Å². The van der Waals surface area contributed by atoms with E-state index in [9.17, 15) is 9.59 Å². The third-order valence-electron chi connectivity index (χ3n) is 10.6. The smallest absolute Gasteiger partial charge is 0.410 e. The summed E-state index contributed by atoms with van der Waals surface area (Å²) in [6.07, 6.45) is 8.00. The molecule has 0 aliphatic carbocycles. The Morgan fingerprint density at radius 3 is 1.57 bits per heavy atom. The molecule has 4 heterocycles. The Labute approximate surface area is 376 Å². The molecule has 0 atom stereocenters. The molecule has 0 unspecified atom stereocenters. The number of halogens is 1. The fourth-order valence-electron chi connectivity index (χ4n) is 6.70. The van der Waals surface area contributed by atoms with Crippen molar-refractivity contribution in [3.05, 3.63) is 49.3 Å². The van der Waals surface area contributed by atoms with E-state index >= 15 is 0 Å². The number of carbonyl (C=O) groups excluding carboxylic acids is 2. The SMILES string of the molecule is CC(C)(C)OC(=O)NCCCn1cnc2ncccc21.CC[Si](CC)(CC)OCCBr.CC[Si](CC)(CC)OCCN(CCCn1cnc2ncccc21)C(=O)OC(C)(C)C. The first-order chi connectivity index (χ1) is 28.9. The van der Waals surface area contributed by atoms with Crippen LogP contribution in [0.4, 0.5) is 9.59 Å². The Hall–Kier alpha value is -3.39. The summed E-state index contributed by atoms with van der Waals surface area (Å²) in [7, 11) is -2.94. The van der Waals surface area contributed by atoms with Gasteiger partial charge in [0.1, 0.15) is 11.2 Å². The summed E-state index contributed by atoms with van der Waals surface area (Å²) in [6.45, 7) is 29.4. The molecule has 0 aliphatic heterocycles. The van der Waals surface area contributed by atoms with Gasteiger partial charge in [0.05, 0.1) is 30.3 Å². The lowest BCUT2D eigenvalue weighted by Gasteiger charge is -2.31. The molecule has 4 aromatic rings. The number of hydrogen-bond donors (Lipinski definition) is 1. The van der Waals surface area contributed by atoms with Crippen LogP contribution < -0.4 is 5.32 Å². The van der Waals surface area contributed by atoms with Gasteiger partial charge in [-0.15, -0.1) is 0 Å². The Morgan fingerprint density at radius 2 is 1.13 bits per heavy atom. The second-order valence-electron chi connectivity index (χ2n) is 17.0. The summed E-state index contributed by atoms with van der Waals surface area (Å²) in [5.41, 5.74) is 2.52. The number of rotatable bonds is 21. The number of carbonyl (C=O) groups is 2. The number of imidazole rings is 2. The van der Waals surface area contributed by atoms with Gasteiger partial charge in [0.25, 0.3) is 0 Å². The van der Waals surface area contributed by atoms with Crippen LogP contribution in [0.1, 0.15) is 95.9 Å². The number of aryl methyl sites for hydroxylation is 2. The maximum atomic E-state index is 12.8. The van der Waals surface area contributed by atoms with Gasteiger partial charge < -0.3 is 37.7 Å². The molecule has 0 fully saturated rings. The summed E-state index contributed by atoms with van der Waals surface area (Å²) >= 11 is 3.39. The van der Waals surface area contributed by atoms with Gasteiger partial charge in [0.15, 0.2) is 27.9 Å². The average molecular weight is 950 g/mol. The van der Waals surface area contributed by atoms with E-state index in [4.69, 9.17) is 18.3 Å². The molecule has 0 aromatic carbocycles. The summed E-state index contributed by atoms with van der Waals surface area (Å²) in [4.78, 5) is 43.0. The molecule has 4 rings (SSSR count). The first kappa shape index (κ1) is 53.7. The maximum absolute atomic E-state index is 12.8. The van der Waals surface area contributed by atoms with Gasteiger partial charge in [-0.3, -0.25) is 0 Å². The Kier molecular flexibility index (Phi) is 23.7. The van der Waals surface area contributed by atoms with Crippen molar-refractivity contribution in [2.45, 2.75) is 156 Å². The van der Waals surface area contributed by atoms with Crippen molar-refractivity contribution >= 4 is 67.1 Å². The van der Waals surface area contributed by atoms with Crippen molar-refractivity contribution in [2.75, 3.05) is 38.2 Å². The van der Waals surface area contributed by atoms with Crippen molar-refractivity contribution < 1.29 is 27.9 Å². The minimum atomic E-state index is -1.67. The van der Waals surface area contributed by atoms with Gasteiger partial charge in [-0.2, -0.15) is 0 Å². The predicted molar refractivity (Wildman–Crippen MR) is 256 cm³/mol. The Morgan fingerprint density at radius 1 is 0.672 bits per heavy atom. The summed E-state index contributed by atoms with van der Waals surface area (Å²) in [5.74, 6) is 0. The second-order valence-corrected chi connectivity index (χ2v) is 27.4. The molecule has 2 amide bonds. The van der Waals surface area contributed by atoms with Crippen LogP contribution >= 0.6 is 15.9 Å². The van der Waals surface area contributed by atoms with Crippen LogP contribution in [0, 0.1) is 0 Å². The van der Waals surface area contributed by atoms with Crippen molar-refractivity contribution in [3.8, 4) is 0 Å². The van der Waals surface area contributed by atoms with E-state index in [2.05, 4.69) is 87.3 Å². The van der Waals surface area contributed by atoms with E-state index in [1.807, 2.05) is 76.7 Å². The van der Waals surface area contributed by atoms with Crippen molar-refractivity contribution in [1.29, 1.82) is 0 Å². The van der Waals surface area contributed by atoms with Crippen LogP contribution in [0.15, 0.2) is 49.3 Å². The maximum Gasteiger partial charge on any atom is 0.410 e. The third kappa shape index (κ3) is 19.3. The zero-order valence-electron chi connectivity index (χ0n) is 39.4. The molecule has 0 aliphatic rings. The lowest BCUT2D eigenvalue weighted by molar-refractivity contribution is 0.0219. The quantitative estimate of drug-likeness (QED) is 0.0486. The van der Waals surface area contributed by atoms with Crippen molar-refractivity contribution in [3.63, 3.8) is 0 Å². The average Bonchev–Trinajstić information content (AvgIpc) is 3.85. The van der Waals surface area contributed by atoms with Gasteiger partial charge in [-0.25, -0.2) is 29.5 Å². The zero-order chi connectivity index (χ0) is 45.5. The number of fused-ring (bicyclic) bond motifs is 2. The third-order valence-corrected chi connectivity index (χ3v) is 20.3. The summed E-state index contributed by atoms with van der Waals surface area (Å²) in [5, 5.41) is 3.71. The molecule has 14 nitrogen and oxygen atoms in total. The molecule has 0 spiro atoms. The summed E-state index contributed by atoms with van der Waals surface area (Å²) in [6, 6.07) is 14.9.